The molecule has 0 radical (unpaired) electrons. The maximum atomic E-state index is 13.6. The van der Waals surface area contributed by atoms with E-state index in [9.17, 15) is 4.39 Å². The monoisotopic (exact) mass is 287 g/mol. The van der Waals surface area contributed by atoms with Crippen molar-refractivity contribution in [3.63, 3.8) is 0 Å². The number of hydrogen-bond acceptors (Lipinski definition) is 3. The number of hydrogen-bond donors (Lipinski definition) is 1. The van der Waals surface area contributed by atoms with Crippen LogP contribution in [0.3, 0.4) is 0 Å². The van der Waals surface area contributed by atoms with Crippen molar-refractivity contribution in [1.29, 1.82) is 0 Å². The number of aliphatic hydroxyl groups excluding tert-OH is 1. The molecule has 94 valence electrons. The van der Waals surface area contributed by atoms with Gasteiger partial charge >= 0.3 is 0 Å². The minimum Gasteiger partial charge on any atom is -0.436 e. The number of halogens is 3. The Balaban J connectivity index is 2.31. The summed E-state index contributed by atoms with van der Waals surface area (Å²) in [4.78, 5) is 3.94. The lowest BCUT2D eigenvalue weighted by Crippen LogP contribution is -1.96. The third-order valence-corrected chi connectivity index (χ3v) is 2.81. The van der Waals surface area contributed by atoms with Crippen LogP contribution >= 0.6 is 23.2 Å². The molecule has 0 atom stereocenters. The molecule has 1 aromatic heterocycles. The molecule has 0 aliphatic carbocycles. The van der Waals surface area contributed by atoms with Gasteiger partial charge in [-0.1, -0.05) is 29.3 Å². The fourth-order valence-electron chi connectivity index (χ4n) is 1.31. The number of aromatic nitrogens is 1. The van der Waals surface area contributed by atoms with Crippen molar-refractivity contribution in [3.8, 4) is 11.6 Å². The largest absolute Gasteiger partial charge is 0.436 e. The molecule has 3 nitrogen and oxygen atoms in total. The molecule has 2 aromatic rings. The van der Waals surface area contributed by atoms with Crippen molar-refractivity contribution in [3.05, 3.63) is 51.9 Å². The van der Waals surface area contributed by atoms with E-state index in [4.69, 9.17) is 33.0 Å². The van der Waals surface area contributed by atoms with E-state index in [0.717, 1.165) is 0 Å². The van der Waals surface area contributed by atoms with Crippen molar-refractivity contribution in [2.75, 3.05) is 0 Å². The molecule has 0 saturated carbocycles. The molecule has 2 rings (SSSR count). The number of nitrogens with zero attached hydrogens (tertiary/aromatic N) is 1. The Kier molecular flexibility index (Phi) is 4.01. The van der Waals surface area contributed by atoms with Crippen molar-refractivity contribution in [1.82, 2.24) is 4.98 Å². The lowest BCUT2D eigenvalue weighted by atomic mass is 10.3. The highest BCUT2D eigenvalue weighted by Gasteiger charge is 2.10. The molecular formula is C12H8Cl2FNO2. The highest BCUT2D eigenvalue weighted by Crippen LogP contribution is 2.28. The van der Waals surface area contributed by atoms with Gasteiger partial charge in [0.15, 0.2) is 11.6 Å². The summed E-state index contributed by atoms with van der Waals surface area (Å²) in [6.45, 7) is -0.325. The lowest BCUT2D eigenvalue weighted by Gasteiger charge is -2.08. The standard InChI is InChI=1S/C12H8Cl2FNO2/c13-7-4-5-11(16-9(7)6-17)18-10-3-1-2-8(14)12(10)15/h1-5,17H,6H2. The first-order valence-corrected chi connectivity index (χ1v) is 5.75. The summed E-state index contributed by atoms with van der Waals surface area (Å²) in [6, 6.07) is 7.39. The third-order valence-electron chi connectivity index (χ3n) is 2.17. The molecule has 0 aliphatic rings. The van der Waals surface area contributed by atoms with E-state index in [2.05, 4.69) is 4.98 Å². The fourth-order valence-corrected chi connectivity index (χ4v) is 1.64. The molecule has 0 unspecified atom stereocenters. The summed E-state index contributed by atoms with van der Waals surface area (Å²) >= 11 is 11.4. The van der Waals surface area contributed by atoms with Crippen molar-refractivity contribution < 1.29 is 14.2 Å². The van der Waals surface area contributed by atoms with E-state index in [0.29, 0.717) is 5.02 Å². The molecule has 1 aromatic carbocycles. The molecule has 0 aliphatic heterocycles. The normalized spacial score (nSPS) is 10.4. The highest BCUT2D eigenvalue weighted by molar-refractivity contribution is 6.31. The highest BCUT2D eigenvalue weighted by atomic mass is 35.5. The van der Waals surface area contributed by atoms with E-state index >= 15 is 0 Å². The Hall–Kier alpha value is -1.36. The zero-order chi connectivity index (χ0) is 13.1. The summed E-state index contributed by atoms with van der Waals surface area (Å²) in [5.41, 5.74) is 0.261. The minimum atomic E-state index is -0.665. The summed E-state index contributed by atoms with van der Waals surface area (Å²) in [5, 5.41) is 9.29. The van der Waals surface area contributed by atoms with Crippen LogP contribution in [0.25, 0.3) is 0 Å². The second-order valence-corrected chi connectivity index (χ2v) is 4.20. The quantitative estimate of drug-likeness (QED) is 0.933. The van der Waals surface area contributed by atoms with E-state index < -0.39 is 5.82 Å². The smallest absolute Gasteiger partial charge is 0.219 e. The van der Waals surface area contributed by atoms with Gasteiger partial charge in [0.25, 0.3) is 0 Å². The van der Waals surface area contributed by atoms with Gasteiger partial charge in [0, 0.05) is 6.07 Å². The Morgan fingerprint density at radius 3 is 2.67 bits per heavy atom. The molecule has 0 saturated heterocycles. The molecule has 1 heterocycles. The summed E-state index contributed by atoms with van der Waals surface area (Å²) < 4.78 is 18.8. The molecule has 0 spiro atoms. The first-order valence-electron chi connectivity index (χ1n) is 5.00. The maximum Gasteiger partial charge on any atom is 0.219 e. The van der Waals surface area contributed by atoms with Gasteiger partial charge in [0.1, 0.15) is 0 Å². The van der Waals surface area contributed by atoms with Gasteiger partial charge in [-0.25, -0.2) is 9.37 Å². The Labute approximate surface area is 113 Å². The van der Waals surface area contributed by atoms with Crippen LogP contribution in [0.1, 0.15) is 5.69 Å². The Morgan fingerprint density at radius 2 is 1.94 bits per heavy atom. The van der Waals surface area contributed by atoms with Crippen LogP contribution in [-0.2, 0) is 6.61 Å². The average Bonchev–Trinajstić information content (AvgIpc) is 2.37. The zero-order valence-electron chi connectivity index (χ0n) is 9.03. The topological polar surface area (TPSA) is 42.4 Å². The van der Waals surface area contributed by atoms with Crippen LogP contribution in [0.5, 0.6) is 11.6 Å². The summed E-state index contributed by atoms with van der Waals surface area (Å²) in [6.07, 6.45) is 0. The van der Waals surface area contributed by atoms with Gasteiger partial charge in [-0.05, 0) is 18.2 Å². The van der Waals surface area contributed by atoms with Gasteiger partial charge in [-0.15, -0.1) is 0 Å². The maximum absolute atomic E-state index is 13.6. The molecular weight excluding hydrogens is 280 g/mol. The second-order valence-electron chi connectivity index (χ2n) is 3.39. The van der Waals surface area contributed by atoms with Crippen LogP contribution in [-0.4, -0.2) is 10.1 Å². The molecule has 0 bridgehead atoms. The number of ether oxygens (including phenoxy) is 1. The van der Waals surface area contributed by atoms with E-state index in [1.807, 2.05) is 0 Å². The molecule has 6 heteroatoms. The third kappa shape index (κ3) is 2.72. The van der Waals surface area contributed by atoms with Crippen molar-refractivity contribution >= 4 is 23.2 Å². The van der Waals surface area contributed by atoms with Crippen LogP contribution in [0.4, 0.5) is 4.39 Å². The number of aliphatic hydroxyl groups is 1. The van der Waals surface area contributed by atoms with Crippen LogP contribution in [0.2, 0.25) is 10.0 Å². The molecule has 18 heavy (non-hydrogen) atoms. The fraction of sp³-hybridized carbons (Fsp3) is 0.0833. The Morgan fingerprint density at radius 1 is 1.17 bits per heavy atom. The second kappa shape index (κ2) is 5.52. The first-order chi connectivity index (χ1) is 8.61. The summed E-state index contributed by atoms with van der Waals surface area (Å²) in [7, 11) is 0. The molecule has 0 amide bonds. The minimum absolute atomic E-state index is 0.0381. The number of pyridine rings is 1. The summed E-state index contributed by atoms with van der Waals surface area (Å²) in [5.74, 6) is -0.577. The number of rotatable bonds is 3. The van der Waals surface area contributed by atoms with Gasteiger partial charge < -0.3 is 9.84 Å². The van der Waals surface area contributed by atoms with E-state index in [1.165, 1.54) is 24.3 Å². The zero-order valence-corrected chi connectivity index (χ0v) is 10.5. The van der Waals surface area contributed by atoms with Crippen LogP contribution in [0.15, 0.2) is 30.3 Å². The molecule has 0 fully saturated rings. The van der Waals surface area contributed by atoms with Crippen LogP contribution < -0.4 is 4.74 Å². The predicted molar refractivity (Wildman–Crippen MR) is 66.7 cm³/mol. The van der Waals surface area contributed by atoms with Gasteiger partial charge in [-0.3, -0.25) is 0 Å². The molecule has 1 N–H and O–H groups in total. The lowest BCUT2D eigenvalue weighted by molar-refractivity contribution is 0.275. The predicted octanol–water partition coefficient (Wildman–Crippen LogP) is 3.81. The van der Waals surface area contributed by atoms with Crippen molar-refractivity contribution in [2.24, 2.45) is 0 Å². The Bertz CT molecular complexity index is 578. The number of benzene rings is 1. The van der Waals surface area contributed by atoms with Gasteiger partial charge in [0.05, 0.1) is 22.3 Å². The van der Waals surface area contributed by atoms with E-state index in [-0.39, 0.29) is 29.0 Å². The SMILES string of the molecule is OCc1nc(Oc2cccc(Cl)c2F)ccc1Cl. The average molecular weight is 288 g/mol. The van der Waals surface area contributed by atoms with Gasteiger partial charge in [0.2, 0.25) is 5.88 Å². The van der Waals surface area contributed by atoms with Crippen LogP contribution in [0, 0.1) is 5.82 Å². The first kappa shape index (κ1) is 13.1. The van der Waals surface area contributed by atoms with Crippen molar-refractivity contribution in [2.45, 2.75) is 6.61 Å². The van der Waals surface area contributed by atoms with Gasteiger partial charge in [-0.2, -0.15) is 0 Å². The van der Waals surface area contributed by atoms with E-state index in [1.54, 1.807) is 6.07 Å².